The molecule has 1 atom stereocenters. The molecular weight excluding hydrogens is 442 g/mol. The molecule has 0 aliphatic carbocycles. The predicted octanol–water partition coefficient (Wildman–Crippen LogP) is 5.77. The molecule has 4 nitrogen and oxygen atoms in total. The van der Waals surface area contributed by atoms with Gasteiger partial charge in [-0.2, -0.15) is 4.72 Å². The van der Waals surface area contributed by atoms with Gasteiger partial charge in [0, 0.05) is 17.4 Å². The highest BCUT2D eigenvalue weighted by molar-refractivity contribution is 7.89. The van der Waals surface area contributed by atoms with E-state index in [1.165, 1.54) is 6.92 Å². The van der Waals surface area contributed by atoms with Crippen LogP contribution in [0.4, 0.5) is 0 Å². The van der Waals surface area contributed by atoms with Gasteiger partial charge in [-0.3, -0.25) is 4.79 Å². The normalized spacial score (nSPS) is 12.0. The highest BCUT2D eigenvalue weighted by Crippen LogP contribution is 2.25. The minimum atomic E-state index is -3.88. The number of hydrogen-bond acceptors (Lipinski definition) is 3. The lowest BCUT2D eigenvalue weighted by atomic mass is 10.0. The number of carbonyl (C=O) groups excluding carboxylic acids is 1. The lowest BCUT2D eigenvalue weighted by Gasteiger charge is -2.16. The monoisotopic (exact) mass is 467 g/mol. The van der Waals surface area contributed by atoms with E-state index in [0.29, 0.717) is 17.4 Å². The SMILES string of the molecule is CC(=O)C(=C=CC(NS(=O)(=O)c1cccc2ccccc12)c1ccccc1)Cc1ccccc1. The van der Waals surface area contributed by atoms with Gasteiger partial charge in [0.25, 0.3) is 0 Å². The average molecular weight is 468 g/mol. The van der Waals surface area contributed by atoms with Crippen molar-refractivity contribution in [3.8, 4) is 0 Å². The molecule has 0 bridgehead atoms. The third kappa shape index (κ3) is 5.59. The number of carbonyl (C=O) groups is 1. The van der Waals surface area contributed by atoms with E-state index in [1.54, 1.807) is 24.3 Å². The number of rotatable bonds is 8. The van der Waals surface area contributed by atoms with Crippen LogP contribution in [0.3, 0.4) is 0 Å². The Balaban J connectivity index is 1.75. The average Bonchev–Trinajstić information content (AvgIpc) is 2.86. The Hall–Kier alpha value is -3.76. The Morgan fingerprint density at radius 1 is 0.853 bits per heavy atom. The molecule has 0 aromatic heterocycles. The summed E-state index contributed by atoms with van der Waals surface area (Å²) < 4.78 is 29.7. The molecule has 0 saturated carbocycles. The second kappa shape index (κ2) is 10.4. The zero-order chi connectivity index (χ0) is 24.0. The van der Waals surface area contributed by atoms with Gasteiger partial charge in [0.15, 0.2) is 5.78 Å². The zero-order valence-electron chi connectivity index (χ0n) is 18.8. The molecule has 34 heavy (non-hydrogen) atoms. The van der Waals surface area contributed by atoms with Crippen molar-refractivity contribution in [2.75, 3.05) is 0 Å². The smallest absolute Gasteiger partial charge is 0.242 e. The highest BCUT2D eigenvalue weighted by Gasteiger charge is 2.22. The van der Waals surface area contributed by atoms with E-state index in [0.717, 1.165) is 16.5 Å². The van der Waals surface area contributed by atoms with E-state index in [4.69, 9.17) is 0 Å². The summed E-state index contributed by atoms with van der Waals surface area (Å²) in [5.41, 5.74) is 5.31. The summed E-state index contributed by atoms with van der Waals surface area (Å²) in [4.78, 5) is 12.5. The van der Waals surface area contributed by atoms with Crippen LogP contribution in [0.2, 0.25) is 0 Å². The molecule has 0 amide bonds. The lowest BCUT2D eigenvalue weighted by molar-refractivity contribution is -0.113. The zero-order valence-corrected chi connectivity index (χ0v) is 19.6. The molecule has 0 fully saturated rings. The highest BCUT2D eigenvalue weighted by atomic mass is 32.2. The Morgan fingerprint density at radius 3 is 2.18 bits per heavy atom. The number of hydrogen-bond donors (Lipinski definition) is 1. The fraction of sp³-hybridized carbons (Fsp3) is 0.103. The molecular formula is C29H25NO3S. The van der Waals surface area contributed by atoms with Crippen molar-refractivity contribution in [1.29, 1.82) is 0 Å². The molecule has 1 unspecified atom stereocenters. The van der Waals surface area contributed by atoms with Crippen LogP contribution >= 0.6 is 0 Å². The second-order valence-corrected chi connectivity index (χ2v) is 9.68. The molecule has 5 heteroatoms. The topological polar surface area (TPSA) is 63.2 Å². The fourth-order valence-corrected chi connectivity index (χ4v) is 5.18. The first-order chi connectivity index (χ1) is 16.4. The summed E-state index contributed by atoms with van der Waals surface area (Å²) in [7, 11) is -3.88. The Bertz CT molecular complexity index is 1460. The molecule has 4 aromatic carbocycles. The summed E-state index contributed by atoms with van der Waals surface area (Å²) in [5, 5.41) is 1.50. The largest absolute Gasteiger partial charge is 0.294 e. The van der Waals surface area contributed by atoms with Crippen LogP contribution in [0.5, 0.6) is 0 Å². The second-order valence-electron chi connectivity index (χ2n) is 8.00. The molecule has 0 radical (unpaired) electrons. The van der Waals surface area contributed by atoms with E-state index in [2.05, 4.69) is 10.5 Å². The van der Waals surface area contributed by atoms with Crippen LogP contribution in [0.25, 0.3) is 10.8 Å². The van der Waals surface area contributed by atoms with Crippen molar-refractivity contribution in [1.82, 2.24) is 4.72 Å². The van der Waals surface area contributed by atoms with Gasteiger partial charge < -0.3 is 0 Å². The number of nitrogens with one attached hydrogen (secondary N) is 1. The van der Waals surface area contributed by atoms with Crippen LogP contribution in [0.1, 0.15) is 24.1 Å². The maximum absolute atomic E-state index is 13.5. The summed E-state index contributed by atoms with van der Waals surface area (Å²) in [6, 6.07) is 30.8. The molecule has 0 heterocycles. The quantitative estimate of drug-likeness (QED) is 0.264. The number of sulfonamides is 1. The van der Waals surface area contributed by atoms with Crippen molar-refractivity contribution in [3.63, 3.8) is 0 Å². The lowest BCUT2D eigenvalue weighted by Crippen LogP contribution is -2.27. The number of Topliss-reactive ketones (excluding diaryl/α,β-unsaturated/α-hetero) is 1. The summed E-state index contributed by atoms with van der Waals surface area (Å²) in [5.74, 6) is -0.108. The fourth-order valence-electron chi connectivity index (χ4n) is 3.78. The van der Waals surface area contributed by atoms with Crippen molar-refractivity contribution in [3.05, 3.63) is 132 Å². The van der Waals surface area contributed by atoms with Gasteiger partial charge in [0.1, 0.15) is 0 Å². The molecule has 1 N–H and O–H groups in total. The standard InChI is InChI=1S/C29H25NO3S/c1-22(31)26(21-23-11-4-2-5-12-23)19-20-28(25-14-6-3-7-15-25)30-34(32,33)29-18-10-16-24-13-8-9-17-27(24)29/h2-18,20,28,30H,21H2,1H3. The number of benzene rings is 4. The first kappa shape index (κ1) is 23.4. The summed E-state index contributed by atoms with van der Waals surface area (Å²) >= 11 is 0. The molecule has 0 aliphatic rings. The third-order valence-electron chi connectivity index (χ3n) is 5.55. The van der Waals surface area contributed by atoms with Crippen molar-refractivity contribution in [2.24, 2.45) is 0 Å². The van der Waals surface area contributed by atoms with E-state index in [1.807, 2.05) is 84.9 Å². The van der Waals surface area contributed by atoms with Crippen molar-refractivity contribution < 1.29 is 13.2 Å². The molecule has 4 aromatic rings. The van der Waals surface area contributed by atoms with Crippen LogP contribution in [-0.2, 0) is 21.2 Å². The van der Waals surface area contributed by atoms with Crippen molar-refractivity contribution in [2.45, 2.75) is 24.3 Å². The summed E-state index contributed by atoms with van der Waals surface area (Å²) in [6.07, 6.45) is 2.04. The van der Waals surface area contributed by atoms with Crippen molar-refractivity contribution >= 4 is 26.6 Å². The van der Waals surface area contributed by atoms with Crippen LogP contribution < -0.4 is 4.72 Å². The molecule has 0 spiro atoms. The number of fused-ring (bicyclic) bond motifs is 1. The Labute approximate surface area is 200 Å². The maximum Gasteiger partial charge on any atom is 0.242 e. The van der Waals surface area contributed by atoms with Crippen LogP contribution in [0.15, 0.2) is 125 Å². The van der Waals surface area contributed by atoms with Gasteiger partial charge in [-0.25, -0.2) is 8.42 Å². The van der Waals surface area contributed by atoms with Crippen LogP contribution in [-0.4, -0.2) is 14.2 Å². The first-order valence-electron chi connectivity index (χ1n) is 11.0. The summed E-state index contributed by atoms with van der Waals surface area (Å²) in [6.45, 7) is 1.50. The number of ketones is 1. The Morgan fingerprint density at radius 2 is 1.47 bits per heavy atom. The minimum Gasteiger partial charge on any atom is -0.294 e. The third-order valence-corrected chi connectivity index (χ3v) is 7.05. The minimum absolute atomic E-state index is 0.108. The van der Waals surface area contributed by atoms with Gasteiger partial charge in [0.05, 0.1) is 10.9 Å². The first-order valence-corrected chi connectivity index (χ1v) is 12.5. The van der Waals surface area contributed by atoms with Gasteiger partial charge >= 0.3 is 0 Å². The molecule has 0 aliphatic heterocycles. The predicted molar refractivity (Wildman–Crippen MR) is 136 cm³/mol. The van der Waals surface area contributed by atoms with E-state index < -0.39 is 16.1 Å². The maximum atomic E-state index is 13.5. The van der Waals surface area contributed by atoms with Gasteiger partial charge in [-0.1, -0.05) is 97.1 Å². The van der Waals surface area contributed by atoms with Gasteiger partial charge in [-0.15, -0.1) is 5.73 Å². The van der Waals surface area contributed by atoms with E-state index in [-0.39, 0.29) is 10.7 Å². The van der Waals surface area contributed by atoms with E-state index >= 15 is 0 Å². The van der Waals surface area contributed by atoms with Crippen LogP contribution in [0, 0.1) is 0 Å². The van der Waals surface area contributed by atoms with E-state index in [9.17, 15) is 13.2 Å². The molecule has 0 saturated heterocycles. The molecule has 170 valence electrons. The van der Waals surface area contributed by atoms with Gasteiger partial charge in [-0.05, 0) is 35.6 Å². The Kier molecular flexibility index (Phi) is 7.19. The van der Waals surface area contributed by atoms with Gasteiger partial charge in [0.2, 0.25) is 10.0 Å². The molecule has 4 rings (SSSR count).